The molecule has 5 nitrogen and oxygen atoms in total. The molecule has 29 heavy (non-hydrogen) atoms. The largest absolute Gasteiger partial charge is 0.505 e. The molecule has 2 N–H and O–H groups in total. The maximum absolute atomic E-state index is 14.3. The van der Waals surface area contributed by atoms with Gasteiger partial charge in [-0.25, -0.2) is 22.0 Å². The van der Waals surface area contributed by atoms with E-state index in [2.05, 4.69) is 0 Å². The molecule has 0 aliphatic heterocycles. The minimum Gasteiger partial charge on any atom is -0.505 e. The molecule has 0 aliphatic carbocycles. The number of carboxylic acids is 1. The van der Waals surface area contributed by atoms with Gasteiger partial charge in [-0.2, -0.15) is 0 Å². The number of phenols is 1. The van der Waals surface area contributed by atoms with Gasteiger partial charge in [0.15, 0.2) is 27.2 Å². The normalized spacial score (nSPS) is 11.4. The van der Waals surface area contributed by atoms with Crippen molar-refractivity contribution >= 4 is 27.4 Å². The molecule has 3 rings (SSSR count). The number of aromatic carboxylic acids is 1. The van der Waals surface area contributed by atoms with Gasteiger partial charge in [-0.05, 0) is 35.4 Å². The van der Waals surface area contributed by atoms with E-state index in [0.29, 0.717) is 11.6 Å². The molecule has 0 radical (unpaired) electrons. The Morgan fingerprint density at radius 1 is 1.00 bits per heavy atom. The maximum atomic E-state index is 14.3. The van der Waals surface area contributed by atoms with Gasteiger partial charge < -0.3 is 10.2 Å². The van der Waals surface area contributed by atoms with Crippen molar-refractivity contribution in [3.05, 3.63) is 82.4 Å². The third-order valence-corrected chi connectivity index (χ3v) is 6.13. The molecule has 0 saturated heterocycles. The van der Waals surface area contributed by atoms with Crippen LogP contribution in [0.1, 0.15) is 15.9 Å². The van der Waals surface area contributed by atoms with Crippen LogP contribution in [0.15, 0.2) is 59.5 Å². The molecule has 0 amide bonds. The fourth-order valence-corrected chi connectivity index (χ4v) is 4.53. The molecular weight excluding hydrogens is 426 g/mol. The van der Waals surface area contributed by atoms with Crippen molar-refractivity contribution in [1.82, 2.24) is 0 Å². The van der Waals surface area contributed by atoms with Crippen LogP contribution in [0, 0.1) is 11.6 Å². The number of carboxylic acid groups (broad SMARTS) is 1. The molecule has 0 fully saturated rings. The van der Waals surface area contributed by atoms with Crippen LogP contribution in [-0.2, 0) is 15.6 Å². The zero-order valence-corrected chi connectivity index (χ0v) is 16.1. The second-order valence-corrected chi connectivity index (χ2v) is 8.53. The van der Waals surface area contributed by atoms with Crippen LogP contribution in [-0.4, -0.2) is 24.6 Å². The van der Waals surface area contributed by atoms with Crippen molar-refractivity contribution in [3.63, 3.8) is 0 Å². The average Bonchev–Trinajstić information content (AvgIpc) is 2.67. The van der Waals surface area contributed by atoms with Crippen molar-refractivity contribution in [2.24, 2.45) is 0 Å². The van der Waals surface area contributed by atoms with Gasteiger partial charge in [0.25, 0.3) is 0 Å². The summed E-state index contributed by atoms with van der Waals surface area (Å²) in [4.78, 5) is 10.4. The van der Waals surface area contributed by atoms with Crippen LogP contribution < -0.4 is 0 Å². The van der Waals surface area contributed by atoms with Gasteiger partial charge in [0.2, 0.25) is 0 Å². The number of hydrogen-bond donors (Lipinski definition) is 2. The summed E-state index contributed by atoms with van der Waals surface area (Å²) >= 11 is 5.72. The van der Waals surface area contributed by atoms with E-state index in [9.17, 15) is 27.1 Å². The Morgan fingerprint density at radius 2 is 1.66 bits per heavy atom. The predicted molar refractivity (Wildman–Crippen MR) is 103 cm³/mol. The van der Waals surface area contributed by atoms with E-state index in [-0.39, 0.29) is 5.56 Å². The first kappa shape index (κ1) is 20.8. The lowest BCUT2D eigenvalue weighted by atomic mass is 10.0. The SMILES string of the molecule is O=C(O)c1cc(Cl)c(O)c(S(=O)(=O)Cc2cc(-c3ccccc3)cc(F)c2F)c1. The van der Waals surface area contributed by atoms with Gasteiger partial charge in [-0.1, -0.05) is 41.9 Å². The summed E-state index contributed by atoms with van der Waals surface area (Å²) < 4.78 is 53.9. The molecule has 0 aromatic heterocycles. The summed E-state index contributed by atoms with van der Waals surface area (Å²) in [6, 6.07) is 12.1. The number of aromatic hydroxyl groups is 1. The molecular formula is C20H13ClF2O5S. The molecule has 3 aromatic carbocycles. The van der Waals surface area contributed by atoms with E-state index in [1.54, 1.807) is 30.3 Å². The summed E-state index contributed by atoms with van der Waals surface area (Å²) in [5.74, 6) is -5.93. The summed E-state index contributed by atoms with van der Waals surface area (Å²) in [6.07, 6.45) is 0. The second kappa shape index (κ2) is 7.81. The van der Waals surface area contributed by atoms with E-state index in [0.717, 1.165) is 12.1 Å². The smallest absolute Gasteiger partial charge is 0.335 e. The number of sulfone groups is 1. The van der Waals surface area contributed by atoms with Crippen molar-refractivity contribution in [2.75, 3.05) is 0 Å². The Balaban J connectivity index is 2.10. The van der Waals surface area contributed by atoms with E-state index in [4.69, 9.17) is 16.7 Å². The van der Waals surface area contributed by atoms with E-state index in [1.807, 2.05) is 0 Å². The molecule has 3 aromatic rings. The summed E-state index contributed by atoms with van der Waals surface area (Å²) in [6.45, 7) is 0. The number of hydrogen-bond acceptors (Lipinski definition) is 4. The van der Waals surface area contributed by atoms with Gasteiger partial charge >= 0.3 is 5.97 Å². The molecule has 150 valence electrons. The topological polar surface area (TPSA) is 91.7 Å². The van der Waals surface area contributed by atoms with Crippen LogP contribution in [0.2, 0.25) is 5.02 Å². The lowest BCUT2D eigenvalue weighted by Gasteiger charge is -2.12. The van der Waals surface area contributed by atoms with Crippen LogP contribution >= 0.6 is 11.6 Å². The van der Waals surface area contributed by atoms with Crippen LogP contribution in [0.5, 0.6) is 5.75 Å². The zero-order chi connectivity index (χ0) is 21.3. The van der Waals surface area contributed by atoms with Crippen molar-refractivity contribution in [2.45, 2.75) is 10.6 Å². The Bertz CT molecular complexity index is 1210. The highest BCUT2D eigenvalue weighted by Crippen LogP contribution is 2.35. The van der Waals surface area contributed by atoms with E-state index >= 15 is 0 Å². The summed E-state index contributed by atoms with van der Waals surface area (Å²) in [7, 11) is -4.47. The lowest BCUT2D eigenvalue weighted by Crippen LogP contribution is -2.10. The van der Waals surface area contributed by atoms with Crippen molar-refractivity contribution in [3.8, 4) is 16.9 Å². The molecule has 0 saturated carbocycles. The zero-order valence-electron chi connectivity index (χ0n) is 14.6. The average molecular weight is 439 g/mol. The number of carbonyl (C=O) groups is 1. The number of benzene rings is 3. The molecule has 9 heteroatoms. The first-order valence-electron chi connectivity index (χ1n) is 8.12. The number of rotatable bonds is 5. The first-order valence-corrected chi connectivity index (χ1v) is 10.1. The highest BCUT2D eigenvalue weighted by Gasteiger charge is 2.26. The summed E-state index contributed by atoms with van der Waals surface area (Å²) in [5.41, 5.74) is -0.142. The van der Waals surface area contributed by atoms with Gasteiger partial charge in [0, 0.05) is 5.56 Å². The number of phenolic OH excluding ortho intramolecular Hbond substituents is 1. The highest BCUT2D eigenvalue weighted by molar-refractivity contribution is 7.90. The summed E-state index contributed by atoms with van der Waals surface area (Å²) in [5, 5.41) is 18.6. The molecule has 0 unspecified atom stereocenters. The monoisotopic (exact) mass is 438 g/mol. The lowest BCUT2D eigenvalue weighted by molar-refractivity contribution is 0.0696. The minimum absolute atomic E-state index is 0.260. The number of halogens is 3. The Labute approximate surface area is 169 Å². The molecule has 0 aliphatic rings. The van der Waals surface area contributed by atoms with Crippen LogP contribution in [0.25, 0.3) is 11.1 Å². The first-order chi connectivity index (χ1) is 13.6. The third kappa shape index (κ3) is 4.23. The second-order valence-electron chi connectivity index (χ2n) is 6.17. The van der Waals surface area contributed by atoms with Crippen molar-refractivity contribution in [1.29, 1.82) is 0 Å². The van der Waals surface area contributed by atoms with Gasteiger partial charge in [-0.3, -0.25) is 0 Å². The van der Waals surface area contributed by atoms with Crippen LogP contribution in [0.4, 0.5) is 8.78 Å². The third-order valence-electron chi connectivity index (χ3n) is 4.17. The molecule has 0 atom stereocenters. The Morgan fingerprint density at radius 3 is 2.28 bits per heavy atom. The quantitative estimate of drug-likeness (QED) is 0.604. The van der Waals surface area contributed by atoms with Crippen molar-refractivity contribution < 1.29 is 32.2 Å². The van der Waals surface area contributed by atoms with E-state index in [1.165, 1.54) is 6.07 Å². The maximum Gasteiger partial charge on any atom is 0.335 e. The fourth-order valence-electron chi connectivity index (χ4n) is 2.77. The highest BCUT2D eigenvalue weighted by atomic mass is 35.5. The van der Waals surface area contributed by atoms with Gasteiger partial charge in [0.05, 0.1) is 16.3 Å². The molecule has 0 heterocycles. The fraction of sp³-hybridized carbons (Fsp3) is 0.0500. The standard InChI is InChI=1S/C20H13ClF2O5S/c21-15-7-13(20(25)26)9-17(19(15)24)29(27,28)10-14-6-12(8-16(22)18(14)23)11-4-2-1-3-5-11/h1-9,24H,10H2,(H,25,26). The Kier molecular flexibility index (Phi) is 5.59. The van der Waals surface area contributed by atoms with Gasteiger partial charge in [0.1, 0.15) is 4.90 Å². The predicted octanol–water partition coefficient (Wildman–Crippen LogP) is 4.66. The van der Waals surface area contributed by atoms with E-state index < -0.39 is 60.0 Å². The minimum atomic E-state index is -4.47. The van der Waals surface area contributed by atoms with Crippen LogP contribution in [0.3, 0.4) is 0 Å². The molecule has 0 bridgehead atoms. The molecule has 0 spiro atoms. The van der Waals surface area contributed by atoms with Gasteiger partial charge in [-0.15, -0.1) is 0 Å². The Hall–Kier alpha value is -2.97.